The van der Waals surface area contributed by atoms with E-state index in [2.05, 4.69) is 5.32 Å². The molecule has 0 spiro atoms. The zero-order chi connectivity index (χ0) is 19.9. The number of carbonyl (C=O) groups excluding carboxylic acids is 1. The number of benzene rings is 2. The largest absolute Gasteiger partial charge is 0.489 e. The monoisotopic (exact) mass is 371 g/mol. The van der Waals surface area contributed by atoms with Crippen molar-refractivity contribution in [3.8, 4) is 5.75 Å². The van der Waals surface area contributed by atoms with Crippen LogP contribution in [0.5, 0.6) is 5.75 Å². The molecule has 1 amide bonds. The molecule has 0 fully saturated rings. The minimum Gasteiger partial charge on any atom is -0.489 e. The molecule has 0 radical (unpaired) electrons. The molecule has 1 atom stereocenters. The molecule has 2 aromatic rings. The van der Waals surface area contributed by atoms with Gasteiger partial charge in [-0.3, -0.25) is 0 Å². The Labute approximate surface area is 159 Å². The summed E-state index contributed by atoms with van der Waals surface area (Å²) in [6.45, 7) is 5.61. The Morgan fingerprint density at radius 1 is 1.00 bits per heavy atom. The van der Waals surface area contributed by atoms with Gasteiger partial charge in [0.1, 0.15) is 24.0 Å². The molecule has 0 aromatic heterocycles. The third-order valence-corrected chi connectivity index (χ3v) is 3.60. The molecule has 0 aliphatic carbocycles. The average Bonchev–Trinajstić information content (AvgIpc) is 2.60. The molecule has 0 saturated carbocycles. The number of nitrogens with one attached hydrogen (secondary N) is 1. The molecule has 6 nitrogen and oxygen atoms in total. The highest BCUT2D eigenvalue weighted by molar-refractivity contribution is 5.80. The molecule has 0 saturated heterocycles. The van der Waals surface area contributed by atoms with Crippen LogP contribution in [-0.2, 0) is 22.6 Å². The number of alkyl carbamates (subject to hydrolysis) is 1. The molecule has 27 heavy (non-hydrogen) atoms. The van der Waals surface area contributed by atoms with E-state index in [0.29, 0.717) is 12.4 Å². The Bertz CT molecular complexity index is 750. The number of carboxylic acids is 1. The first kappa shape index (κ1) is 20.3. The first-order valence-corrected chi connectivity index (χ1v) is 8.71. The van der Waals surface area contributed by atoms with Crippen molar-refractivity contribution in [3.63, 3.8) is 0 Å². The number of ether oxygens (including phenoxy) is 2. The zero-order valence-corrected chi connectivity index (χ0v) is 15.8. The van der Waals surface area contributed by atoms with Crippen molar-refractivity contribution < 1.29 is 24.2 Å². The second-order valence-corrected chi connectivity index (χ2v) is 7.16. The molecule has 0 heterocycles. The molecule has 144 valence electrons. The van der Waals surface area contributed by atoms with Crippen LogP contribution in [0.3, 0.4) is 0 Å². The number of carboxylic acid groups (broad SMARTS) is 1. The van der Waals surface area contributed by atoms with E-state index in [1.165, 1.54) is 0 Å². The third kappa shape index (κ3) is 7.40. The summed E-state index contributed by atoms with van der Waals surface area (Å²) in [5.41, 5.74) is 1.14. The van der Waals surface area contributed by atoms with E-state index in [9.17, 15) is 14.7 Å². The van der Waals surface area contributed by atoms with E-state index in [0.717, 1.165) is 11.1 Å². The lowest BCUT2D eigenvalue weighted by atomic mass is 10.1. The standard InChI is InChI=1S/C21H25NO5/c1-21(2,3)27-20(25)22-18(19(23)24)13-15-9-11-17(12-10-15)26-14-16-7-5-4-6-8-16/h4-12,18H,13-14H2,1-3H3,(H,22,25)(H,23,24)/t18-/m1/s1. The van der Waals surface area contributed by atoms with Crippen LogP contribution >= 0.6 is 0 Å². The predicted molar refractivity (Wildman–Crippen MR) is 102 cm³/mol. The summed E-state index contributed by atoms with van der Waals surface area (Å²) in [7, 11) is 0. The van der Waals surface area contributed by atoms with E-state index in [-0.39, 0.29) is 6.42 Å². The summed E-state index contributed by atoms with van der Waals surface area (Å²) in [4.78, 5) is 23.3. The third-order valence-electron chi connectivity index (χ3n) is 3.60. The fraction of sp³-hybridized carbons (Fsp3) is 0.333. The van der Waals surface area contributed by atoms with E-state index in [1.54, 1.807) is 45.0 Å². The van der Waals surface area contributed by atoms with Gasteiger partial charge in [0.15, 0.2) is 0 Å². The Kier molecular flexibility index (Phi) is 6.82. The summed E-state index contributed by atoms with van der Waals surface area (Å²) in [5, 5.41) is 11.7. The smallest absolute Gasteiger partial charge is 0.408 e. The number of rotatable bonds is 7. The summed E-state index contributed by atoms with van der Waals surface area (Å²) >= 11 is 0. The molecule has 0 unspecified atom stereocenters. The minimum atomic E-state index is -1.12. The van der Waals surface area contributed by atoms with E-state index >= 15 is 0 Å². The van der Waals surface area contributed by atoms with E-state index in [4.69, 9.17) is 9.47 Å². The van der Waals surface area contributed by atoms with Gasteiger partial charge in [-0.1, -0.05) is 42.5 Å². The molecule has 6 heteroatoms. The van der Waals surface area contributed by atoms with Crippen LogP contribution in [0.25, 0.3) is 0 Å². The van der Waals surface area contributed by atoms with Crippen molar-refractivity contribution in [1.29, 1.82) is 0 Å². The SMILES string of the molecule is CC(C)(C)OC(=O)N[C@H](Cc1ccc(OCc2ccccc2)cc1)C(=O)O. The highest BCUT2D eigenvalue weighted by Crippen LogP contribution is 2.16. The Morgan fingerprint density at radius 3 is 2.19 bits per heavy atom. The Balaban J connectivity index is 1.92. The van der Waals surface area contributed by atoms with Gasteiger partial charge in [0, 0.05) is 6.42 Å². The first-order chi connectivity index (χ1) is 12.7. The highest BCUT2D eigenvalue weighted by Gasteiger charge is 2.24. The van der Waals surface area contributed by atoms with Crippen molar-refractivity contribution in [3.05, 3.63) is 65.7 Å². The lowest BCUT2D eigenvalue weighted by Crippen LogP contribution is -2.44. The molecule has 0 aliphatic rings. The van der Waals surface area contributed by atoms with E-state index < -0.39 is 23.7 Å². The molecule has 2 rings (SSSR count). The maximum atomic E-state index is 11.8. The van der Waals surface area contributed by atoms with Gasteiger partial charge < -0.3 is 19.9 Å². The normalized spacial score (nSPS) is 12.1. The quantitative estimate of drug-likeness (QED) is 0.774. The summed E-state index contributed by atoms with van der Waals surface area (Å²) < 4.78 is 10.8. The van der Waals surface area contributed by atoms with Crippen LogP contribution in [0, 0.1) is 0 Å². The van der Waals surface area contributed by atoms with Gasteiger partial charge >= 0.3 is 12.1 Å². The lowest BCUT2D eigenvalue weighted by molar-refractivity contribution is -0.139. The predicted octanol–water partition coefficient (Wildman–Crippen LogP) is 3.79. The summed E-state index contributed by atoms with van der Waals surface area (Å²) in [6.07, 6.45) is -0.606. The number of amides is 1. The fourth-order valence-corrected chi connectivity index (χ4v) is 2.35. The van der Waals surface area contributed by atoms with Gasteiger partial charge in [0.2, 0.25) is 0 Å². The lowest BCUT2D eigenvalue weighted by Gasteiger charge is -2.22. The first-order valence-electron chi connectivity index (χ1n) is 8.71. The van der Waals surface area contributed by atoms with Crippen LogP contribution < -0.4 is 10.1 Å². The van der Waals surface area contributed by atoms with Crippen molar-refractivity contribution in [2.24, 2.45) is 0 Å². The van der Waals surface area contributed by atoms with Crippen LogP contribution in [0.15, 0.2) is 54.6 Å². The molecule has 0 bridgehead atoms. The number of hydrogen-bond donors (Lipinski definition) is 2. The van der Waals surface area contributed by atoms with Crippen LogP contribution in [0.2, 0.25) is 0 Å². The second-order valence-electron chi connectivity index (χ2n) is 7.16. The number of hydrogen-bond acceptors (Lipinski definition) is 4. The topological polar surface area (TPSA) is 84.9 Å². The molecule has 0 aliphatic heterocycles. The van der Waals surface area contributed by atoms with Crippen LogP contribution in [0.4, 0.5) is 4.79 Å². The Morgan fingerprint density at radius 2 is 1.63 bits per heavy atom. The maximum Gasteiger partial charge on any atom is 0.408 e. The minimum absolute atomic E-state index is 0.146. The fourth-order valence-electron chi connectivity index (χ4n) is 2.35. The van der Waals surface area contributed by atoms with Crippen LogP contribution in [-0.4, -0.2) is 28.8 Å². The van der Waals surface area contributed by atoms with Crippen molar-refractivity contribution >= 4 is 12.1 Å². The van der Waals surface area contributed by atoms with Gasteiger partial charge in [0.25, 0.3) is 0 Å². The molecule has 2 N–H and O–H groups in total. The van der Waals surface area contributed by atoms with Crippen molar-refractivity contribution in [1.82, 2.24) is 5.32 Å². The number of aliphatic carboxylic acids is 1. The van der Waals surface area contributed by atoms with Crippen LogP contribution in [0.1, 0.15) is 31.9 Å². The second kappa shape index (κ2) is 9.07. The number of carbonyl (C=O) groups is 2. The van der Waals surface area contributed by atoms with Gasteiger partial charge in [-0.25, -0.2) is 9.59 Å². The summed E-state index contributed by atoms with van der Waals surface area (Å²) in [5.74, 6) is -0.431. The van der Waals surface area contributed by atoms with Crippen molar-refractivity contribution in [2.45, 2.75) is 45.4 Å². The molecular weight excluding hydrogens is 346 g/mol. The van der Waals surface area contributed by atoms with Gasteiger partial charge in [-0.15, -0.1) is 0 Å². The van der Waals surface area contributed by atoms with Gasteiger partial charge in [0.05, 0.1) is 0 Å². The summed E-state index contributed by atoms with van der Waals surface area (Å²) in [6, 6.07) is 15.9. The molecular formula is C21H25NO5. The highest BCUT2D eigenvalue weighted by atomic mass is 16.6. The molecule has 2 aromatic carbocycles. The van der Waals surface area contributed by atoms with Crippen molar-refractivity contribution in [2.75, 3.05) is 0 Å². The zero-order valence-electron chi connectivity index (χ0n) is 15.8. The van der Waals surface area contributed by atoms with Gasteiger partial charge in [-0.2, -0.15) is 0 Å². The average molecular weight is 371 g/mol. The Hall–Kier alpha value is -3.02. The van der Waals surface area contributed by atoms with E-state index in [1.807, 2.05) is 30.3 Å². The maximum absolute atomic E-state index is 11.8. The van der Waals surface area contributed by atoms with Gasteiger partial charge in [-0.05, 0) is 44.0 Å².